The number of anilines is 1. The summed E-state index contributed by atoms with van der Waals surface area (Å²) in [6, 6.07) is 7.20. The molecule has 2 amide bonds. The van der Waals surface area contributed by atoms with E-state index in [2.05, 4.69) is 10.4 Å². The van der Waals surface area contributed by atoms with Crippen molar-refractivity contribution in [2.75, 3.05) is 31.5 Å². The van der Waals surface area contributed by atoms with Crippen LogP contribution in [-0.4, -0.2) is 63.7 Å². The van der Waals surface area contributed by atoms with Gasteiger partial charge in [0.15, 0.2) is 11.7 Å². The van der Waals surface area contributed by atoms with Crippen LogP contribution < -0.4 is 5.32 Å². The van der Waals surface area contributed by atoms with E-state index in [1.165, 1.54) is 40.3 Å². The lowest BCUT2D eigenvalue weighted by Crippen LogP contribution is -2.50. The maximum Gasteiger partial charge on any atom is 0.410 e. The fraction of sp³-hybridized carbons (Fsp3) is 0.348. The van der Waals surface area contributed by atoms with Gasteiger partial charge < -0.3 is 19.5 Å². The molecule has 0 saturated carbocycles. The first-order valence-electron chi connectivity index (χ1n) is 11.0. The Labute approximate surface area is 197 Å². The lowest BCUT2D eigenvalue weighted by atomic mass is 10.0. The molecule has 2 atom stereocenters. The number of alkyl halides is 3. The molecule has 3 aromatic rings. The van der Waals surface area contributed by atoms with Crippen LogP contribution in [0.25, 0.3) is 0 Å². The number of carbonyl (C=O) groups excluding carboxylic acids is 2. The maximum absolute atomic E-state index is 13.8. The number of nitrogens with one attached hydrogen (secondary N) is 1. The Bertz CT molecular complexity index is 1230. The number of nitrogens with zero attached hydrogens (tertiary/aromatic N) is 4. The lowest BCUT2D eigenvalue weighted by molar-refractivity contribution is -0.174. The van der Waals surface area contributed by atoms with Gasteiger partial charge in [0.1, 0.15) is 17.4 Å². The van der Waals surface area contributed by atoms with E-state index in [1.54, 1.807) is 12.1 Å². The molecule has 0 aliphatic carbocycles. The van der Waals surface area contributed by atoms with Crippen molar-refractivity contribution in [3.8, 4) is 0 Å². The molecule has 5 rings (SSSR count). The number of benzene rings is 1. The normalized spacial score (nSPS) is 20.3. The van der Waals surface area contributed by atoms with Crippen LogP contribution in [0.5, 0.6) is 0 Å². The van der Waals surface area contributed by atoms with E-state index in [0.29, 0.717) is 5.76 Å². The molecule has 184 valence electrons. The van der Waals surface area contributed by atoms with Crippen LogP contribution in [0.1, 0.15) is 45.1 Å². The second-order valence-corrected chi connectivity index (χ2v) is 8.46. The van der Waals surface area contributed by atoms with Gasteiger partial charge in [0.2, 0.25) is 0 Å². The van der Waals surface area contributed by atoms with Crippen LogP contribution in [-0.2, 0) is 0 Å². The number of amides is 2. The van der Waals surface area contributed by atoms with Crippen molar-refractivity contribution in [3.63, 3.8) is 0 Å². The minimum absolute atomic E-state index is 0.0724. The first-order chi connectivity index (χ1) is 16.7. The second-order valence-electron chi connectivity index (χ2n) is 8.46. The van der Waals surface area contributed by atoms with Crippen molar-refractivity contribution in [2.45, 2.75) is 24.7 Å². The molecule has 0 spiro atoms. The molecular weight excluding hydrogens is 470 g/mol. The minimum Gasteiger partial charge on any atom is -0.467 e. The van der Waals surface area contributed by atoms with Gasteiger partial charge in [-0.1, -0.05) is 6.07 Å². The Kier molecular flexibility index (Phi) is 5.73. The Balaban J connectivity index is 1.30. The Morgan fingerprint density at radius 1 is 1.00 bits per heavy atom. The summed E-state index contributed by atoms with van der Waals surface area (Å²) in [7, 11) is 0. The van der Waals surface area contributed by atoms with Crippen molar-refractivity contribution >= 4 is 17.6 Å². The predicted molar refractivity (Wildman–Crippen MR) is 115 cm³/mol. The van der Waals surface area contributed by atoms with Crippen LogP contribution in [0.3, 0.4) is 0 Å². The number of fused-ring (bicyclic) bond motifs is 1. The van der Waals surface area contributed by atoms with Crippen LogP contribution in [0.4, 0.5) is 23.4 Å². The molecule has 12 heteroatoms. The fourth-order valence-electron chi connectivity index (χ4n) is 4.43. The summed E-state index contributed by atoms with van der Waals surface area (Å²) in [6.45, 7) is 0.762. The van der Waals surface area contributed by atoms with Crippen LogP contribution >= 0.6 is 0 Å². The largest absolute Gasteiger partial charge is 0.467 e. The molecule has 1 aromatic carbocycles. The SMILES string of the molecule is O=C(c1cccc(F)c1)N1CCN(C(=O)c2cc3n(n2)[C@H](C(F)(F)F)C[C@H](c2ccco2)N3)CC1. The Morgan fingerprint density at radius 3 is 2.34 bits per heavy atom. The van der Waals surface area contributed by atoms with Crippen molar-refractivity contribution in [3.05, 3.63) is 71.6 Å². The van der Waals surface area contributed by atoms with Crippen LogP contribution in [0.15, 0.2) is 53.1 Å². The summed E-state index contributed by atoms with van der Waals surface area (Å²) in [5, 5.41) is 6.97. The molecule has 2 aliphatic rings. The summed E-state index contributed by atoms with van der Waals surface area (Å²) >= 11 is 0. The number of rotatable bonds is 3. The van der Waals surface area contributed by atoms with Gasteiger partial charge in [-0.15, -0.1) is 0 Å². The molecule has 0 radical (unpaired) electrons. The summed E-state index contributed by atoms with van der Waals surface area (Å²) in [5.74, 6) is -0.965. The standard InChI is InChI=1S/C23H21F4N5O3/c24-15-4-1-3-14(11-15)21(33)30-6-8-31(9-7-30)22(34)17-13-20-28-16(18-5-2-10-35-18)12-19(23(25,26)27)32(20)29-17/h1-5,10-11,13,16,19,28H,6-9,12H2/t16-,19+/m1/s1. The van der Waals surface area contributed by atoms with E-state index < -0.39 is 30.0 Å². The number of carbonyl (C=O) groups is 2. The van der Waals surface area contributed by atoms with Gasteiger partial charge in [0.05, 0.1) is 12.3 Å². The van der Waals surface area contributed by atoms with E-state index in [4.69, 9.17) is 4.42 Å². The molecular formula is C23H21F4N5O3. The summed E-state index contributed by atoms with van der Waals surface area (Å²) in [5.41, 5.74) is 0.0914. The van der Waals surface area contributed by atoms with Crippen molar-refractivity contribution < 1.29 is 31.6 Å². The molecule has 35 heavy (non-hydrogen) atoms. The van der Waals surface area contributed by atoms with Gasteiger partial charge in [-0.3, -0.25) is 9.59 Å². The molecule has 2 aliphatic heterocycles. The number of piperazine rings is 1. The van der Waals surface area contributed by atoms with E-state index in [9.17, 15) is 27.2 Å². The third-order valence-electron chi connectivity index (χ3n) is 6.22. The summed E-state index contributed by atoms with van der Waals surface area (Å²) < 4.78 is 60.9. The summed E-state index contributed by atoms with van der Waals surface area (Å²) in [4.78, 5) is 28.6. The monoisotopic (exact) mass is 491 g/mol. The molecule has 1 fully saturated rings. The Morgan fingerprint density at radius 2 is 1.71 bits per heavy atom. The third-order valence-corrected chi connectivity index (χ3v) is 6.22. The number of hydrogen-bond acceptors (Lipinski definition) is 5. The van der Waals surface area contributed by atoms with Gasteiger partial charge in [0, 0.05) is 44.2 Å². The lowest BCUT2D eigenvalue weighted by Gasteiger charge is -2.34. The molecule has 1 saturated heterocycles. The van der Waals surface area contributed by atoms with Gasteiger partial charge in [0.25, 0.3) is 11.8 Å². The average molecular weight is 491 g/mol. The van der Waals surface area contributed by atoms with Crippen molar-refractivity contribution in [1.29, 1.82) is 0 Å². The molecule has 0 bridgehead atoms. The van der Waals surface area contributed by atoms with E-state index in [0.717, 1.165) is 10.7 Å². The highest BCUT2D eigenvalue weighted by Gasteiger charge is 2.47. The van der Waals surface area contributed by atoms with Crippen molar-refractivity contribution in [2.24, 2.45) is 0 Å². The molecule has 4 heterocycles. The topological polar surface area (TPSA) is 83.6 Å². The van der Waals surface area contributed by atoms with Gasteiger partial charge in [-0.2, -0.15) is 18.3 Å². The molecule has 0 unspecified atom stereocenters. The number of furan rings is 1. The predicted octanol–water partition coefficient (Wildman–Crippen LogP) is 3.87. The van der Waals surface area contributed by atoms with Crippen LogP contribution in [0, 0.1) is 5.82 Å². The van der Waals surface area contributed by atoms with E-state index in [-0.39, 0.29) is 55.6 Å². The van der Waals surface area contributed by atoms with E-state index >= 15 is 0 Å². The molecule has 2 aromatic heterocycles. The van der Waals surface area contributed by atoms with Gasteiger partial charge in [-0.05, 0) is 30.3 Å². The van der Waals surface area contributed by atoms with Crippen molar-refractivity contribution in [1.82, 2.24) is 19.6 Å². The first kappa shape index (κ1) is 22.9. The zero-order valence-corrected chi connectivity index (χ0v) is 18.3. The Hall–Kier alpha value is -3.83. The smallest absolute Gasteiger partial charge is 0.410 e. The average Bonchev–Trinajstić information content (AvgIpc) is 3.52. The third kappa shape index (κ3) is 4.47. The molecule has 1 N–H and O–H groups in total. The highest BCUT2D eigenvalue weighted by Crippen LogP contribution is 2.43. The number of aromatic nitrogens is 2. The van der Waals surface area contributed by atoms with E-state index in [1.807, 2.05) is 0 Å². The zero-order chi connectivity index (χ0) is 24.7. The first-order valence-corrected chi connectivity index (χ1v) is 11.0. The number of hydrogen-bond donors (Lipinski definition) is 1. The second kappa shape index (κ2) is 8.75. The van der Waals surface area contributed by atoms with Gasteiger partial charge in [-0.25, -0.2) is 9.07 Å². The highest BCUT2D eigenvalue weighted by atomic mass is 19.4. The fourth-order valence-corrected chi connectivity index (χ4v) is 4.43. The van der Waals surface area contributed by atoms with Crippen LogP contribution in [0.2, 0.25) is 0 Å². The number of halogens is 4. The zero-order valence-electron chi connectivity index (χ0n) is 18.3. The van der Waals surface area contributed by atoms with Gasteiger partial charge >= 0.3 is 6.18 Å². The molecule has 8 nitrogen and oxygen atoms in total. The maximum atomic E-state index is 13.8. The summed E-state index contributed by atoms with van der Waals surface area (Å²) in [6.07, 6.45) is -3.52. The highest BCUT2D eigenvalue weighted by molar-refractivity contribution is 5.95. The quantitative estimate of drug-likeness (QED) is 0.563. The minimum atomic E-state index is -4.57.